The highest BCUT2D eigenvalue weighted by Gasteiger charge is 2.30. The van der Waals surface area contributed by atoms with Gasteiger partial charge in [-0.3, -0.25) is 0 Å². The van der Waals surface area contributed by atoms with E-state index in [0.29, 0.717) is 39.0 Å². The Hall–Kier alpha value is -1.62. The van der Waals surface area contributed by atoms with E-state index >= 15 is 0 Å². The molecule has 1 saturated heterocycles. The lowest BCUT2D eigenvalue weighted by atomic mass is 9.92. The first-order chi connectivity index (χ1) is 11.3. The van der Waals surface area contributed by atoms with Gasteiger partial charge in [-0.15, -0.1) is 0 Å². The molecule has 1 aromatic rings. The summed E-state index contributed by atoms with van der Waals surface area (Å²) in [5.41, 5.74) is 0.669. The van der Waals surface area contributed by atoms with Crippen molar-refractivity contribution in [1.82, 2.24) is 10.2 Å². The largest absolute Gasteiger partial charge is 0.444 e. The molecule has 2 rings (SSSR count). The van der Waals surface area contributed by atoms with Crippen LogP contribution in [-0.2, 0) is 11.3 Å². The van der Waals surface area contributed by atoms with Crippen molar-refractivity contribution in [3.05, 3.63) is 35.9 Å². The third-order valence-electron chi connectivity index (χ3n) is 4.21. The number of carbonyl (C=O) groups excluding carboxylic acids is 1. The predicted molar refractivity (Wildman–Crippen MR) is 93.6 cm³/mol. The van der Waals surface area contributed by atoms with Gasteiger partial charge < -0.3 is 15.0 Å². The molecule has 0 aliphatic carbocycles. The van der Waals surface area contributed by atoms with Crippen molar-refractivity contribution in [3.63, 3.8) is 0 Å². The Morgan fingerprint density at radius 3 is 2.50 bits per heavy atom. The highest BCUT2D eigenvalue weighted by Crippen LogP contribution is 2.24. The van der Waals surface area contributed by atoms with Crippen molar-refractivity contribution in [1.29, 1.82) is 0 Å². The van der Waals surface area contributed by atoms with Crippen LogP contribution >= 0.6 is 0 Å². The van der Waals surface area contributed by atoms with Gasteiger partial charge in [0.2, 0.25) is 0 Å². The van der Waals surface area contributed by atoms with Gasteiger partial charge >= 0.3 is 6.09 Å². The molecule has 0 saturated carbocycles. The molecule has 1 aliphatic rings. The molecule has 0 spiro atoms. The average Bonchev–Trinajstić information content (AvgIpc) is 2.54. The number of rotatable bonds is 5. The van der Waals surface area contributed by atoms with Crippen LogP contribution in [0, 0.1) is 5.92 Å². The first kappa shape index (κ1) is 18.7. The number of carbonyl (C=O) groups is 1. The number of likely N-dealkylation sites (tertiary alicyclic amines) is 1. The number of hydrogen-bond acceptors (Lipinski definition) is 3. The normalized spacial score (nSPS) is 17.6. The van der Waals surface area contributed by atoms with Crippen molar-refractivity contribution in [2.75, 3.05) is 19.6 Å². The molecule has 5 heteroatoms. The Bertz CT molecular complexity index is 508. The first-order valence-corrected chi connectivity index (χ1v) is 8.72. The Balaban J connectivity index is 1.68. The van der Waals surface area contributed by atoms with Gasteiger partial charge in [-0.1, -0.05) is 30.3 Å². The first-order valence-electron chi connectivity index (χ1n) is 8.72. The molecule has 0 aromatic heterocycles. The summed E-state index contributed by atoms with van der Waals surface area (Å²) in [4.78, 5) is 13.7. The number of alkyl halides is 1. The second kappa shape index (κ2) is 8.47. The monoisotopic (exact) mass is 336 g/mol. The third-order valence-corrected chi connectivity index (χ3v) is 4.21. The van der Waals surface area contributed by atoms with Crippen molar-refractivity contribution in [3.8, 4) is 0 Å². The molecule has 1 heterocycles. The van der Waals surface area contributed by atoms with Crippen LogP contribution in [-0.4, -0.2) is 42.4 Å². The summed E-state index contributed by atoms with van der Waals surface area (Å²) in [6, 6.07) is 9.99. The van der Waals surface area contributed by atoms with Crippen molar-refractivity contribution in [2.45, 2.75) is 51.9 Å². The summed E-state index contributed by atoms with van der Waals surface area (Å²) >= 11 is 0. The van der Waals surface area contributed by atoms with E-state index in [-0.39, 0.29) is 12.0 Å². The van der Waals surface area contributed by atoms with Crippen LogP contribution in [0.1, 0.15) is 39.2 Å². The zero-order chi connectivity index (χ0) is 17.6. The summed E-state index contributed by atoms with van der Waals surface area (Å²) in [6.45, 7) is 7.73. The number of nitrogens with zero attached hydrogens (tertiary/aromatic N) is 1. The molecule has 134 valence electrons. The van der Waals surface area contributed by atoms with Crippen LogP contribution in [0.2, 0.25) is 0 Å². The number of hydrogen-bond donors (Lipinski definition) is 1. The van der Waals surface area contributed by atoms with Gasteiger partial charge in [-0.05, 0) is 45.1 Å². The molecule has 1 fully saturated rings. The fourth-order valence-electron chi connectivity index (χ4n) is 2.89. The molecule has 0 bridgehead atoms. The van der Waals surface area contributed by atoms with Gasteiger partial charge in [-0.25, -0.2) is 9.18 Å². The lowest BCUT2D eigenvalue weighted by molar-refractivity contribution is 0.0145. The van der Waals surface area contributed by atoms with Crippen LogP contribution in [0.4, 0.5) is 9.18 Å². The van der Waals surface area contributed by atoms with Crippen LogP contribution in [0.3, 0.4) is 0 Å². The maximum atomic E-state index is 14.4. The highest BCUT2D eigenvalue weighted by molar-refractivity contribution is 5.68. The van der Waals surface area contributed by atoms with Crippen molar-refractivity contribution < 1.29 is 13.9 Å². The molecule has 1 N–H and O–H groups in total. The van der Waals surface area contributed by atoms with Gasteiger partial charge in [0.15, 0.2) is 0 Å². The molecule has 0 radical (unpaired) electrons. The van der Waals surface area contributed by atoms with Gasteiger partial charge in [0.1, 0.15) is 11.8 Å². The number of halogens is 1. The van der Waals surface area contributed by atoms with Crippen LogP contribution in [0.25, 0.3) is 0 Å². The Morgan fingerprint density at radius 2 is 1.92 bits per heavy atom. The minimum absolute atomic E-state index is 0.00644. The minimum Gasteiger partial charge on any atom is -0.444 e. The van der Waals surface area contributed by atoms with E-state index in [1.165, 1.54) is 0 Å². The summed E-state index contributed by atoms with van der Waals surface area (Å²) in [6.07, 6.45) is 0.203. The van der Waals surface area contributed by atoms with Crippen LogP contribution in [0.15, 0.2) is 30.3 Å². The van der Waals surface area contributed by atoms with E-state index < -0.39 is 11.8 Å². The zero-order valence-electron chi connectivity index (χ0n) is 14.9. The van der Waals surface area contributed by atoms with Gasteiger partial charge in [0.05, 0.1) is 0 Å². The van der Waals surface area contributed by atoms with E-state index in [1.807, 2.05) is 51.1 Å². The van der Waals surface area contributed by atoms with Gasteiger partial charge in [-0.2, -0.15) is 0 Å². The predicted octanol–water partition coefficient (Wildman–Crippen LogP) is 3.76. The third kappa shape index (κ3) is 6.11. The molecular formula is C19H29FN2O2. The Labute approximate surface area is 144 Å². The molecule has 1 atom stereocenters. The van der Waals surface area contributed by atoms with E-state index in [1.54, 1.807) is 4.90 Å². The molecule has 4 nitrogen and oxygen atoms in total. The average molecular weight is 336 g/mol. The molecule has 1 unspecified atom stereocenters. The summed E-state index contributed by atoms with van der Waals surface area (Å²) in [7, 11) is 0. The molecule has 24 heavy (non-hydrogen) atoms. The summed E-state index contributed by atoms with van der Waals surface area (Å²) < 4.78 is 19.8. The smallest absolute Gasteiger partial charge is 0.410 e. The highest BCUT2D eigenvalue weighted by atomic mass is 19.1. The summed E-state index contributed by atoms with van der Waals surface area (Å²) in [5.74, 6) is 0.00644. The van der Waals surface area contributed by atoms with E-state index in [0.717, 1.165) is 5.56 Å². The van der Waals surface area contributed by atoms with Crippen LogP contribution < -0.4 is 5.32 Å². The minimum atomic E-state index is -0.880. The molecule has 1 aromatic carbocycles. The maximum Gasteiger partial charge on any atom is 0.410 e. The number of nitrogens with one attached hydrogen (secondary N) is 1. The topological polar surface area (TPSA) is 41.6 Å². The lowest BCUT2D eigenvalue weighted by Gasteiger charge is -2.34. The molecule has 1 amide bonds. The molecule has 1 aliphatic heterocycles. The number of ether oxygens (including phenoxy) is 1. The lowest BCUT2D eigenvalue weighted by Crippen LogP contribution is -2.44. The van der Waals surface area contributed by atoms with Gasteiger partial charge in [0, 0.05) is 26.2 Å². The SMILES string of the molecule is CC(C)(C)OC(=O)N1CCC(C(F)CNCc2ccccc2)CC1. The fourth-order valence-corrected chi connectivity index (χ4v) is 2.89. The van der Waals surface area contributed by atoms with E-state index in [4.69, 9.17) is 4.74 Å². The second-order valence-electron chi connectivity index (χ2n) is 7.44. The fraction of sp³-hybridized carbons (Fsp3) is 0.632. The number of amides is 1. The molecular weight excluding hydrogens is 307 g/mol. The van der Waals surface area contributed by atoms with E-state index in [2.05, 4.69) is 5.32 Å². The number of piperidine rings is 1. The van der Waals surface area contributed by atoms with Crippen molar-refractivity contribution in [2.24, 2.45) is 5.92 Å². The summed E-state index contributed by atoms with van der Waals surface area (Å²) in [5, 5.41) is 3.18. The van der Waals surface area contributed by atoms with Crippen LogP contribution in [0.5, 0.6) is 0 Å². The maximum absolute atomic E-state index is 14.4. The quantitative estimate of drug-likeness (QED) is 0.890. The second-order valence-corrected chi connectivity index (χ2v) is 7.44. The van der Waals surface area contributed by atoms with Crippen molar-refractivity contribution >= 4 is 6.09 Å². The Morgan fingerprint density at radius 1 is 1.29 bits per heavy atom. The standard InChI is InChI=1S/C19H29FN2O2/c1-19(2,3)24-18(23)22-11-9-16(10-12-22)17(20)14-21-13-15-7-5-4-6-8-15/h4-8,16-17,21H,9-14H2,1-3H3. The van der Waals surface area contributed by atoms with Gasteiger partial charge in [0.25, 0.3) is 0 Å². The Kier molecular flexibility index (Phi) is 6.60. The zero-order valence-corrected chi connectivity index (χ0v) is 14.9. The van der Waals surface area contributed by atoms with E-state index in [9.17, 15) is 9.18 Å². The number of benzene rings is 1.